The van der Waals surface area contributed by atoms with Crippen LogP contribution in [0.1, 0.15) is 86.6 Å². The van der Waals surface area contributed by atoms with Crippen LogP contribution in [0.5, 0.6) is 0 Å². The lowest BCUT2D eigenvalue weighted by atomic mass is 9.89. The molecule has 12 heteroatoms. The highest BCUT2D eigenvalue weighted by Crippen LogP contribution is 2.30. The van der Waals surface area contributed by atoms with Crippen LogP contribution < -0.4 is 10.6 Å². The molecule has 3 N–H and O–H groups in total. The van der Waals surface area contributed by atoms with Gasteiger partial charge >= 0.3 is 0 Å². The number of rotatable bonds is 20. The number of aliphatic hydroxyl groups is 1. The number of likely N-dealkylation sites (N-methyl/N-ethyl adjacent to an activating group) is 2. The van der Waals surface area contributed by atoms with E-state index in [2.05, 4.69) is 10.6 Å². The first-order chi connectivity index (χ1) is 24.3. The predicted octanol–water partition coefficient (Wildman–Crippen LogP) is 3.66. The summed E-state index contributed by atoms with van der Waals surface area (Å²) in [6.07, 6.45) is 1.02. The minimum absolute atomic E-state index is 0.0154. The SMILES string of the molecule is CC[C@H](C)[C@@H]([C@@H](CC(=O)N1CCC[C@H]1[C@H](OC)[C@@H](C)C(=O)NC[C@@](C)(O)c1ccccc1)OC)N(C)C(=O)[C@@H](NC(=O)[C@H](C(C)C)N(C)C)C(C)C. The fourth-order valence-corrected chi connectivity index (χ4v) is 7.73. The molecule has 1 saturated heterocycles. The van der Waals surface area contributed by atoms with Crippen LogP contribution in [0.3, 0.4) is 0 Å². The number of methoxy groups -OCH3 is 2. The minimum atomic E-state index is -1.26. The second-order valence-corrected chi connectivity index (χ2v) is 15.8. The summed E-state index contributed by atoms with van der Waals surface area (Å²) in [6.45, 7) is 15.9. The maximum atomic E-state index is 14.2. The molecule has 0 bridgehead atoms. The number of ether oxygens (including phenoxy) is 2. The van der Waals surface area contributed by atoms with Crippen LogP contribution >= 0.6 is 0 Å². The van der Waals surface area contributed by atoms with Crippen molar-refractivity contribution in [3.8, 4) is 0 Å². The predicted molar refractivity (Wildman–Crippen MR) is 204 cm³/mol. The topological polar surface area (TPSA) is 141 Å². The van der Waals surface area contributed by atoms with Gasteiger partial charge in [0, 0.05) is 27.8 Å². The molecule has 2 rings (SSSR count). The molecule has 0 radical (unpaired) electrons. The number of hydrogen-bond donors (Lipinski definition) is 3. The van der Waals surface area contributed by atoms with Gasteiger partial charge < -0.3 is 35.0 Å². The number of hydrogen-bond acceptors (Lipinski definition) is 8. The van der Waals surface area contributed by atoms with Crippen molar-refractivity contribution in [2.75, 3.05) is 48.5 Å². The molecular weight excluding hydrogens is 662 g/mol. The van der Waals surface area contributed by atoms with Crippen LogP contribution in [-0.4, -0.2) is 128 Å². The van der Waals surface area contributed by atoms with E-state index in [0.717, 1.165) is 12.8 Å². The lowest BCUT2D eigenvalue weighted by Crippen LogP contribution is -2.59. The van der Waals surface area contributed by atoms with Gasteiger partial charge in [0.2, 0.25) is 23.6 Å². The van der Waals surface area contributed by atoms with Crippen LogP contribution in [0.15, 0.2) is 30.3 Å². The minimum Gasteiger partial charge on any atom is -0.384 e. The Kier molecular flexibility index (Phi) is 17.7. The number of carbonyl (C=O) groups excluding carboxylic acids is 4. The molecule has 0 aromatic heterocycles. The molecule has 0 unspecified atom stereocenters. The summed E-state index contributed by atoms with van der Waals surface area (Å²) in [6, 6.07) is 7.26. The molecule has 52 heavy (non-hydrogen) atoms. The number of benzene rings is 1. The summed E-state index contributed by atoms with van der Waals surface area (Å²) < 4.78 is 11.9. The number of likely N-dealkylation sites (tertiary alicyclic amines) is 1. The van der Waals surface area contributed by atoms with Crippen molar-refractivity contribution in [3.63, 3.8) is 0 Å². The van der Waals surface area contributed by atoms with Gasteiger partial charge in [0.05, 0.1) is 49.2 Å². The van der Waals surface area contributed by atoms with Crippen molar-refractivity contribution >= 4 is 23.6 Å². The maximum Gasteiger partial charge on any atom is 0.245 e. The fourth-order valence-electron chi connectivity index (χ4n) is 7.73. The lowest BCUT2D eigenvalue weighted by Gasteiger charge is -2.41. The van der Waals surface area contributed by atoms with Crippen LogP contribution in [0.25, 0.3) is 0 Å². The molecule has 0 spiro atoms. The van der Waals surface area contributed by atoms with Crippen LogP contribution in [0.2, 0.25) is 0 Å². The Labute approximate surface area is 313 Å². The monoisotopic (exact) mass is 732 g/mol. The van der Waals surface area contributed by atoms with Crippen LogP contribution in [0.4, 0.5) is 0 Å². The zero-order valence-electron chi connectivity index (χ0n) is 34.1. The second-order valence-electron chi connectivity index (χ2n) is 15.8. The van der Waals surface area contributed by atoms with E-state index in [1.54, 1.807) is 44.9 Å². The Balaban J connectivity index is 2.25. The molecule has 9 atom stereocenters. The number of nitrogens with one attached hydrogen (secondary N) is 2. The highest BCUT2D eigenvalue weighted by atomic mass is 16.5. The number of carbonyl (C=O) groups is 4. The van der Waals surface area contributed by atoms with E-state index in [1.807, 2.05) is 90.9 Å². The molecular formula is C40H69N5O7. The third-order valence-electron chi connectivity index (χ3n) is 10.9. The van der Waals surface area contributed by atoms with Gasteiger partial charge in [-0.2, -0.15) is 0 Å². The molecule has 1 aromatic rings. The van der Waals surface area contributed by atoms with Gasteiger partial charge in [-0.05, 0) is 57.2 Å². The standard InChI is InChI=1S/C40H69N5O7/c1-14-27(6)35(44(11)39(49)33(25(2)3)42-38(48)34(26(4)5)43(9)10)31(51-12)23-32(46)45-22-18-21-30(45)36(52-13)28(7)37(47)41-24-40(8,50)29-19-16-15-17-20-29/h15-17,19-20,25-28,30-31,33-36,50H,14,18,21-24H2,1-13H3,(H,41,47)(H,42,48)/t27-,28+,30-,31+,33-,34-,35-,36+,40+/m0/s1. The molecule has 1 aromatic carbocycles. The zero-order valence-corrected chi connectivity index (χ0v) is 34.1. The molecule has 1 heterocycles. The van der Waals surface area contributed by atoms with Crippen LogP contribution in [0, 0.1) is 23.7 Å². The molecule has 4 amide bonds. The summed E-state index contributed by atoms with van der Waals surface area (Å²) >= 11 is 0. The van der Waals surface area contributed by atoms with Crippen molar-refractivity contribution in [1.29, 1.82) is 0 Å². The van der Waals surface area contributed by atoms with Crippen molar-refractivity contribution in [1.82, 2.24) is 25.3 Å². The first-order valence-electron chi connectivity index (χ1n) is 19.0. The van der Waals surface area contributed by atoms with E-state index in [4.69, 9.17) is 9.47 Å². The molecule has 1 fully saturated rings. The van der Waals surface area contributed by atoms with Gasteiger partial charge in [-0.1, -0.05) is 85.2 Å². The van der Waals surface area contributed by atoms with E-state index >= 15 is 0 Å². The molecule has 0 saturated carbocycles. The van der Waals surface area contributed by atoms with Crippen molar-refractivity contribution in [2.24, 2.45) is 23.7 Å². The van der Waals surface area contributed by atoms with E-state index in [1.165, 1.54) is 0 Å². The first kappa shape index (κ1) is 45.1. The highest BCUT2D eigenvalue weighted by Gasteiger charge is 2.43. The fraction of sp³-hybridized carbons (Fsp3) is 0.750. The largest absolute Gasteiger partial charge is 0.384 e. The van der Waals surface area contributed by atoms with Gasteiger partial charge in [-0.15, -0.1) is 0 Å². The van der Waals surface area contributed by atoms with E-state index in [9.17, 15) is 24.3 Å². The second kappa shape index (κ2) is 20.4. The van der Waals surface area contributed by atoms with Crippen molar-refractivity contribution in [3.05, 3.63) is 35.9 Å². The third-order valence-corrected chi connectivity index (χ3v) is 10.9. The van der Waals surface area contributed by atoms with Gasteiger partial charge in [-0.3, -0.25) is 24.1 Å². The summed E-state index contributed by atoms with van der Waals surface area (Å²) in [5, 5.41) is 16.9. The Morgan fingerprint density at radius 2 is 1.58 bits per heavy atom. The van der Waals surface area contributed by atoms with Crippen molar-refractivity contribution in [2.45, 2.75) is 123 Å². The molecule has 1 aliphatic heterocycles. The molecule has 12 nitrogen and oxygen atoms in total. The Morgan fingerprint density at radius 3 is 2.08 bits per heavy atom. The smallest absolute Gasteiger partial charge is 0.245 e. The average Bonchev–Trinajstić information content (AvgIpc) is 3.58. The highest BCUT2D eigenvalue weighted by molar-refractivity contribution is 5.90. The molecule has 1 aliphatic rings. The lowest BCUT2D eigenvalue weighted by molar-refractivity contribution is -0.148. The van der Waals surface area contributed by atoms with E-state index in [-0.39, 0.29) is 60.4 Å². The quantitative estimate of drug-likeness (QED) is 0.185. The molecule has 296 valence electrons. The summed E-state index contributed by atoms with van der Waals surface area (Å²) in [4.78, 5) is 60.5. The van der Waals surface area contributed by atoms with Gasteiger partial charge in [0.15, 0.2) is 0 Å². The van der Waals surface area contributed by atoms with E-state index < -0.39 is 41.9 Å². The Morgan fingerprint density at radius 1 is 0.962 bits per heavy atom. The normalized spacial score (nSPS) is 20.1. The van der Waals surface area contributed by atoms with Gasteiger partial charge in [-0.25, -0.2) is 0 Å². The zero-order chi connectivity index (χ0) is 39.5. The summed E-state index contributed by atoms with van der Waals surface area (Å²) in [7, 11) is 8.57. The maximum absolute atomic E-state index is 14.2. The summed E-state index contributed by atoms with van der Waals surface area (Å²) in [5.74, 6) is -1.57. The average molecular weight is 732 g/mol. The van der Waals surface area contributed by atoms with Crippen LogP contribution in [-0.2, 0) is 34.3 Å². The van der Waals surface area contributed by atoms with Gasteiger partial charge in [0.25, 0.3) is 0 Å². The molecule has 0 aliphatic carbocycles. The first-order valence-corrected chi connectivity index (χ1v) is 19.0. The van der Waals surface area contributed by atoms with E-state index in [0.29, 0.717) is 18.5 Å². The number of amides is 4. The third kappa shape index (κ3) is 11.5. The number of nitrogens with zero attached hydrogens (tertiary/aromatic N) is 3. The Bertz CT molecular complexity index is 1280. The van der Waals surface area contributed by atoms with Crippen molar-refractivity contribution < 1.29 is 33.8 Å². The summed E-state index contributed by atoms with van der Waals surface area (Å²) in [5.41, 5.74) is -0.559. The Hall–Kier alpha value is -3.06. The van der Waals surface area contributed by atoms with Gasteiger partial charge in [0.1, 0.15) is 11.6 Å².